The zero-order valence-electron chi connectivity index (χ0n) is 10.0. The van der Waals surface area contributed by atoms with Crippen molar-refractivity contribution in [2.45, 2.75) is 19.4 Å². The van der Waals surface area contributed by atoms with Crippen molar-refractivity contribution in [2.75, 3.05) is 13.1 Å². The Bertz CT molecular complexity index is 435. The van der Waals surface area contributed by atoms with E-state index in [1.807, 2.05) is 0 Å². The Labute approximate surface area is 114 Å². The molecule has 1 aliphatic rings. The summed E-state index contributed by atoms with van der Waals surface area (Å²) < 4.78 is 13.5. The van der Waals surface area contributed by atoms with Crippen molar-refractivity contribution in [3.05, 3.63) is 34.1 Å². The molecule has 1 aliphatic carbocycles. The maximum absolute atomic E-state index is 13.0. The maximum atomic E-state index is 13.0. The average Bonchev–Trinajstić information content (AvgIpc) is 3.17. The summed E-state index contributed by atoms with van der Waals surface area (Å²) in [5, 5.41) is 6.09. The Morgan fingerprint density at radius 2 is 2.17 bits per heavy atom. The molecule has 0 radical (unpaired) electrons. The zero-order valence-corrected chi connectivity index (χ0v) is 11.6. The van der Waals surface area contributed by atoms with Gasteiger partial charge in [0.25, 0.3) is 0 Å². The maximum Gasteiger partial charge on any atom is 0.223 e. The highest BCUT2D eigenvalue weighted by atomic mass is 79.9. The number of carbonyl (C=O) groups is 1. The third-order valence-electron chi connectivity index (χ3n) is 2.86. The van der Waals surface area contributed by atoms with Crippen LogP contribution in [0.1, 0.15) is 18.4 Å². The Morgan fingerprint density at radius 3 is 2.83 bits per heavy atom. The Hall–Kier alpha value is -0.940. The fourth-order valence-electron chi connectivity index (χ4n) is 1.65. The van der Waals surface area contributed by atoms with E-state index in [0.29, 0.717) is 24.1 Å². The van der Waals surface area contributed by atoms with E-state index >= 15 is 0 Å². The molecule has 1 aromatic rings. The number of benzene rings is 1. The van der Waals surface area contributed by atoms with E-state index in [1.165, 1.54) is 6.07 Å². The predicted molar refractivity (Wildman–Crippen MR) is 71.5 cm³/mol. The Morgan fingerprint density at radius 1 is 1.39 bits per heavy atom. The number of rotatable bonds is 6. The Balaban J connectivity index is 1.62. The molecule has 18 heavy (non-hydrogen) atoms. The third-order valence-corrected chi connectivity index (χ3v) is 3.47. The van der Waals surface area contributed by atoms with Crippen LogP contribution in [0.15, 0.2) is 22.7 Å². The van der Waals surface area contributed by atoms with E-state index in [2.05, 4.69) is 26.6 Å². The molecule has 3 nitrogen and oxygen atoms in total. The van der Waals surface area contributed by atoms with Crippen molar-refractivity contribution in [1.29, 1.82) is 0 Å². The summed E-state index contributed by atoms with van der Waals surface area (Å²) >= 11 is 3.15. The van der Waals surface area contributed by atoms with Crippen LogP contribution in [-0.4, -0.2) is 19.0 Å². The van der Waals surface area contributed by atoms with Gasteiger partial charge in [-0.25, -0.2) is 4.39 Å². The second kappa shape index (κ2) is 6.29. The molecular weight excluding hydrogens is 299 g/mol. The van der Waals surface area contributed by atoms with Gasteiger partial charge in [-0.3, -0.25) is 4.79 Å². The molecule has 1 aromatic carbocycles. The van der Waals surface area contributed by atoms with Crippen molar-refractivity contribution in [3.8, 4) is 0 Å². The molecule has 1 fully saturated rings. The minimum absolute atomic E-state index is 0.168. The summed E-state index contributed by atoms with van der Waals surface area (Å²) in [7, 11) is 0. The van der Waals surface area contributed by atoms with Gasteiger partial charge in [-0.1, -0.05) is 6.07 Å². The SMILES string of the molecule is O=C(NCCNCc1ccc(F)c(Br)c1)C1CC1. The van der Waals surface area contributed by atoms with Crippen LogP contribution in [0, 0.1) is 11.7 Å². The van der Waals surface area contributed by atoms with Crippen LogP contribution in [0.3, 0.4) is 0 Å². The van der Waals surface area contributed by atoms with E-state index in [-0.39, 0.29) is 17.6 Å². The molecule has 2 N–H and O–H groups in total. The van der Waals surface area contributed by atoms with E-state index in [4.69, 9.17) is 0 Å². The largest absolute Gasteiger partial charge is 0.355 e. The lowest BCUT2D eigenvalue weighted by Crippen LogP contribution is -2.32. The van der Waals surface area contributed by atoms with E-state index in [9.17, 15) is 9.18 Å². The second-order valence-electron chi connectivity index (χ2n) is 4.49. The highest BCUT2D eigenvalue weighted by Crippen LogP contribution is 2.28. The lowest BCUT2D eigenvalue weighted by molar-refractivity contribution is -0.122. The molecule has 0 saturated heterocycles. The fraction of sp³-hybridized carbons (Fsp3) is 0.462. The van der Waals surface area contributed by atoms with Gasteiger partial charge in [-0.15, -0.1) is 0 Å². The normalized spacial score (nSPS) is 14.6. The predicted octanol–water partition coefficient (Wildman–Crippen LogP) is 2.20. The summed E-state index contributed by atoms with van der Waals surface area (Å²) in [5.74, 6) is 0.176. The number of halogens is 2. The standard InChI is InChI=1S/C13H16BrFN2O/c14-11-7-9(1-4-12(11)15)8-16-5-6-17-13(18)10-2-3-10/h1,4,7,10,16H,2-3,5-6,8H2,(H,17,18). The van der Waals surface area contributed by atoms with E-state index in [1.54, 1.807) is 12.1 Å². The summed E-state index contributed by atoms with van der Waals surface area (Å²) in [4.78, 5) is 11.3. The lowest BCUT2D eigenvalue weighted by atomic mass is 10.2. The first-order valence-corrected chi connectivity index (χ1v) is 6.88. The first-order valence-electron chi connectivity index (χ1n) is 6.09. The van der Waals surface area contributed by atoms with Crippen LogP contribution < -0.4 is 10.6 Å². The summed E-state index contributed by atoms with van der Waals surface area (Å²) in [6, 6.07) is 4.94. The van der Waals surface area contributed by atoms with Gasteiger partial charge in [0.1, 0.15) is 5.82 Å². The van der Waals surface area contributed by atoms with Gasteiger partial charge in [0.05, 0.1) is 4.47 Å². The molecule has 2 rings (SSSR count). The average molecular weight is 315 g/mol. The number of nitrogens with one attached hydrogen (secondary N) is 2. The summed E-state index contributed by atoms with van der Waals surface area (Å²) in [6.07, 6.45) is 2.06. The van der Waals surface area contributed by atoms with Crippen LogP contribution in [0.4, 0.5) is 4.39 Å². The molecule has 0 bridgehead atoms. The van der Waals surface area contributed by atoms with Crippen molar-refractivity contribution < 1.29 is 9.18 Å². The van der Waals surface area contributed by atoms with Crippen LogP contribution >= 0.6 is 15.9 Å². The van der Waals surface area contributed by atoms with Crippen molar-refractivity contribution in [2.24, 2.45) is 5.92 Å². The van der Waals surface area contributed by atoms with Crippen LogP contribution in [-0.2, 0) is 11.3 Å². The first-order chi connectivity index (χ1) is 8.66. The topological polar surface area (TPSA) is 41.1 Å². The number of carbonyl (C=O) groups excluding carboxylic acids is 1. The summed E-state index contributed by atoms with van der Waals surface area (Å²) in [6.45, 7) is 2.02. The molecule has 0 heterocycles. The highest BCUT2D eigenvalue weighted by Gasteiger charge is 2.28. The van der Waals surface area contributed by atoms with Gasteiger partial charge in [-0.05, 0) is 46.5 Å². The molecule has 98 valence electrons. The van der Waals surface area contributed by atoms with Crippen molar-refractivity contribution in [1.82, 2.24) is 10.6 Å². The third kappa shape index (κ3) is 4.07. The minimum atomic E-state index is -0.254. The quantitative estimate of drug-likeness (QED) is 0.790. The van der Waals surface area contributed by atoms with Gasteiger partial charge in [-0.2, -0.15) is 0 Å². The van der Waals surface area contributed by atoms with Crippen molar-refractivity contribution in [3.63, 3.8) is 0 Å². The summed E-state index contributed by atoms with van der Waals surface area (Å²) in [5.41, 5.74) is 1.01. The number of amides is 1. The van der Waals surface area contributed by atoms with Crippen LogP contribution in [0.25, 0.3) is 0 Å². The molecule has 0 unspecified atom stereocenters. The van der Waals surface area contributed by atoms with Gasteiger partial charge in [0.15, 0.2) is 0 Å². The van der Waals surface area contributed by atoms with E-state index < -0.39 is 0 Å². The van der Waals surface area contributed by atoms with Crippen LogP contribution in [0.2, 0.25) is 0 Å². The Kier molecular flexibility index (Phi) is 4.72. The molecule has 1 amide bonds. The molecule has 0 aromatic heterocycles. The molecule has 0 aliphatic heterocycles. The van der Waals surface area contributed by atoms with E-state index in [0.717, 1.165) is 18.4 Å². The zero-order chi connectivity index (χ0) is 13.0. The fourth-order valence-corrected chi connectivity index (χ4v) is 2.07. The minimum Gasteiger partial charge on any atom is -0.355 e. The molecular formula is C13H16BrFN2O. The van der Waals surface area contributed by atoms with Crippen molar-refractivity contribution >= 4 is 21.8 Å². The smallest absolute Gasteiger partial charge is 0.223 e. The monoisotopic (exact) mass is 314 g/mol. The lowest BCUT2D eigenvalue weighted by Gasteiger charge is -2.07. The van der Waals surface area contributed by atoms with Gasteiger partial charge < -0.3 is 10.6 Å². The molecule has 0 spiro atoms. The van der Waals surface area contributed by atoms with Crippen LogP contribution in [0.5, 0.6) is 0 Å². The van der Waals surface area contributed by atoms with Gasteiger partial charge in [0, 0.05) is 25.6 Å². The van der Waals surface area contributed by atoms with Gasteiger partial charge in [0.2, 0.25) is 5.91 Å². The number of hydrogen-bond donors (Lipinski definition) is 2. The first kappa shape index (κ1) is 13.5. The number of hydrogen-bond acceptors (Lipinski definition) is 2. The molecule has 1 saturated carbocycles. The molecule has 0 atom stereocenters. The van der Waals surface area contributed by atoms with Gasteiger partial charge >= 0.3 is 0 Å². The molecule has 5 heteroatoms. The second-order valence-corrected chi connectivity index (χ2v) is 5.34. The highest BCUT2D eigenvalue weighted by molar-refractivity contribution is 9.10.